The third kappa shape index (κ3) is 5.04. The molecule has 0 aromatic heterocycles. The van der Waals surface area contributed by atoms with Crippen molar-refractivity contribution in [1.82, 2.24) is 10.2 Å². The highest BCUT2D eigenvalue weighted by molar-refractivity contribution is 5.79. The normalized spacial score (nSPS) is 47.7. The van der Waals surface area contributed by atoms with E-state index < -0.39 is 0 Å². The summed E-state index contributed by atoms with van der Waals surface area (Å²) in [5.41, 5.74) is 5.95. The third-order valence-electron chi connectivity index (χ3n) is 18.2. The van der Waals surface area contributed by atoms with E-state index in [1.54, 1.807) is 11.1 Å². The molecule has 1 spiro atoms. The van der Waals surface area contributed by atoms with Gasteiger partial charge in [-0.3, -0.25) is 4.79 Å². The number of rotatable bonds is 6. The van der Waals surface area contributed by atoms with Gasteiger partial charge in [0, 0.05) is 18.6 Å². The molecule has 6 fully saturated rings. The van der Waals surface area contributed by atoms with E-state index in [2.05, 4.69) is 70.5 Å². The Balaban J connectivity index is 1.05. The lowest BCUT2D eigenvalue weighted by Crippen LogP contribution is -2.68. The summed E-state index contributed by atoms with van der Waals surface area (Å²) >= 11 is 0. The number of carbonyl (C=O) groups is 1. The fourth-order valence-corrected chi connectivity index (χ4v) is 15.4. The summed E-state index contributed by atoms with van der Waals surface area (Å²) in [6.07, 6.45) is 25.3. The molecule has 4 saturated carbocycles. The molecule has 1 N–H and O–H groups in total. The van der Waals surface area contributed by atoms with E-state index in [1.165, 1.54) is 102 Å². The first-order valence-electron chi connectivity index (χ1n) is 21.0. The quantitative estimate of drug-likeness (QED) is 0.226. The minimum absolute atomic E-state index is 0.0586. The van der Waals surface area contributed by atoms with Crippen LogP contribution in [0, 0.1) is 56.7 Å². The van der Waals surface area contributed by atoms with Crippen LogP contribution in [0.1, 0.15) is 144 Å². The number of piperidine rings is 1. The van der Waals surface area contributed by atoms with Crippen LogP contribution in [0.3, 0.4) is 0 Å². The van der Waals surface area contributed by atoms with E-state index in [0.717, 1.165) is 50.0 Å². The predicted molar refractivity (Wildman–Crippen MR) is 201 cm³/mol. The van der Waals surface area contributed by atoms with Crippen LogP contribution in [0.2, 0.25) is 0 Å². The van der Waals surface area contributed by atoms with Gasteiger partial charge in [-0.2, -0.15) is 0 Å². The molecule has 49 heavy (non-hydrogen) atoms. The van der Waals surface area contributed by atoms with Crippen molar-refractivity contribution in [3.8, 4) is 0 Å². The standard InChI is InChI=1S/C45H70N2O2/c1-31(2)33-15-22-45(46-26-29-47-27-9-8-10-28-47)24-23-42(6)35(38(33)45)11-12-37-41(5)18-16-34(40(3,4)36(41)17-19-43(37,42)7)32-13-20-44(21-14-32)25-30-49-39(44)48/h13,16,33,35-38,46H,1,8-12,14-15,17-30H2,2-7H3/t33-,35+,36-,37+,38+,41-,42+,43+,44?,45-/m0/s1. The second-order valence-corrected chi connectivity index (χ2v) is 20.3. The summed E-state index contributed by atoms with van der Waals surface area (Å²) in [6, 6.07) is 0. The number of nitrogens with one attached hydrogen (secondary N) is 1. The number of hydrogen-bond acceptors (Lipinski definition) is 4. The van der Waals surface area contributed by atoms with Crippen LogP contribution in [0.5, 0.6) is 0 Å². The summed E-state index contributed by atoms with van der Waals surface area (Å²) in [6.45, 7) is 26.1. The number of fused-ring (bicyclic) bond motifs is 7. The van der Waals surface area contributed by atoms with E-state index in [-0.39, 0.29) is 16.8 Å². The van der Waals surface area contributed by atoms with Crippen LogP contribution in [0.25, 0.3) is 0 Å². The van der Waals surface area contributed by atoms with Crippen molar-refractivity contribution in [3.05, 3.63) is 35.5 Å². The minimum Gasteiger partial charge on any atom is -0.465 e. The van der Waals surface area contributed by atoms with Crippen molar-refractivity contribution < 1.29 is 9.53 Å². The molecule has 4 nitrogen and oxygen atoms in total. The lowest BCUT2D eigenvalue weighted by Gasteiger charge is -2.72. The molecule has 6 aliphatic carbocycles. The predicted octanol–water partition coefficient (Wildman–Crippen LogP) is 10.1. The van der Waals surface area contributed by atoms with Gasteiger partial charge in [0.1, 0.15) is 0 Å². The van der Waals surface area contributed by atoms with Crippen molar-refractivity contribution in [2.24, 2.45) is 56.7 Å². The maximum absolute atomic E-state index is 12.6. The Morgan fingerprint density at radius 2 is 1.67 bits per heavy atom. The SMILES string of the molecule is C=C(C)[C@@H]1CC[C@]2(NCCN3CCCCC3)CC[C@]3(C)[C@H](CC[C@@H]4[C@@]5(C)CC=C(C6=CCC7(CCOC7=O)CC6)C(C)(C)[C@@H]5CC[C@]43C)[C@@H]12. The van der Waals surface area contributed by atoms with Gasteiger partial charge in [0.25, 0.3) is 0 Å². The first-order chi connectivity index (χ1) is 23.3. The Hall–Kier alpha value is -1.39. The average Bonchev–Trinajstić information content (AvgIpc) is 3.63. The van der Waals surface area contributed by atoms with Crippen LogP contribution in [0.15, 0.2) is 35.5 Å². The fraction of sp³-hybridized carbons (Fsp3) is 0.844. The zero-order valence-corrected chi connectivity index (χ0v) is 32.4. The Bertz CT molecular complexity index is 1400. The van der Waals surface area contributed by atoms with Crippen molar-refractivity contribution in [3.63, 3.8) is 0 Å². The molecule has 2 aliphatic heterocycles. The molecule has 0 aromatic rings. The van der Waals surface area contributed by atoms with Gasteiger partial charge < -0.3 is 15.0 Å². The Morgan fingerprint density at radius 3 is 2.37 bits per heavy atom. The van der Waals surface area contributed by atoms with Gasteiger partial charge >= 0.3 is 5.97 Å². The van der Waals surface area contributed by atoms with Crippen LogP contribution in [-0.2, 0) is 9.53 Å². The highest BCUT2D eigenvalue weighted by atomic mass is 16.5. The molecule has 272 valence electrons. The molecular weight excluding hydrogens is 601 g/mol. The number of ether oxygens (including phenoxy) is 1. The lowest BCUT2D eigenvalue weighted by molar-refractivity contribution is -0.221. The van der Waals surface area contributed by atoms with Crippen molar-refractivity contribution >= 4 is 5.97 Å². The minimum atomic E-state index is -0.235. The van der Waals surface area contributed by atoms with Gasteiger partial charge in [-0.25, -0.2) is 0 Å². The molecule has 0 radical (unpaired) electrons. The molecule has 10 atom stereocenters. The van der Waals surface area contributed by atoms with E-state index in [9.17, 15) is 4.79 Å². The van der Waals surface area contributed by atoms with Crippen LogP contribution < -0.4 is 5.32 Å². The maximum atomic E-state index is 12.6. The Labute approximate surface area is 299 Å². The number of esters is 1. The summed E-state index contributed by atoms with van der Waals surface area (Å²) in [5, 5.41) is 4.36. The molecule has 8 rings (SSSR count). The second-order valence-electron chi connectivity index (χ2n) is 20.3. The van der Waals surface area contributed by atoms with E-state index in [0.29, 0.717) is 40.2 Å². The van der Waals surface area contributed by atoms with Gasteiger partial charge in [-0.05, 0) is 179 Å². The molecule has 0 aromatic carbocycles. The Morgan fingerprint density at radius 1 is 0.878 bits per heavy atom. The van der Waals surface area contributed by atoms with E-state index in [4.69, 9.17) is 4.74 Å². The van der Waals surface area contributed by atoms with Crippen molar-refractivity contribution in [1.29, 1.82) is 0 Å². The zero-order valence-electron chi connectivity index (χ0n) is 32.4. The maximum Gasteiger partial charge on any atom is 0.312 e. The average molecular weight is 671 g/mol. The highest BCUT2D eigenvalue weighted by Crippen LogP contribution is 2.76. The smallest absolute Gasteiger partial charge is 0.312 e. The second kappa shape index (κ2) is 12.1. The summed E-state index contributed by atoms with van der Waals surface area (Å²) in [4.78, 5) is 15.4. The fourth-order valence-electron chi connectivity index (χ4n) is 15.4. The lowest BCUT2D eigenvalue weighted by atomic mass is 9.33. The number of nitrogens with zero attached hydrogens (tertiary/aromatic N) is 1. The first-order valence-corrected chi connectivity index (χ1v) is 21.0. The van der Waals surface area contributed by atoms with E-state index in [1.807, 2.05) is 0 Å². The van der Waals surface area contributed by atoms with Gasteiger partial charge in [0.15, 0.2) is 0 Å². The molecule has 0 bridgehead atoms. The third-order valence-corrected chi connectivity index (χ3v) is 18.2. The topological polar surface area (TPSA) is 41.6 Å². The van der Waals surface area contributed by atoms with Gasteiger partial charge in [-0.15, -0.1) is 0 Å². The largest absolute Gasteiger partial charge is 0.465 e. The van der Waals surface area contributed by atoms with Crippen LogP contribution in [-0.4, -0.2) is 49.2 Å². The summed E-state index contributed by atoms with van der Waals surface area (Å²) in [7, 11) is 0. The molecule has 8 aliphatic rings. The number of carbonyl (C=O) groups excluding carboxylic acids is 1. The van der Waals surface area contributed by atoms with Crippen molar-refractivity contribution in [2.45, 2.75) is 150 Å². The monoisotopic (exact) mass is 671 g/mol. The molecular formula is C45H70N2O2. The molecule has 4 heteroatoms. The molecule has 2 heterocycles. The molecule has 1 unspecified atom stereocenters. The molecule has 2 saturated heterocycles. The first kappa shape index (κ1) is 34.7. The highest BCUT2D eigenvalue weighted by Gasteiger charge is 2.70. The summed E-state index contributed by atoms with van der Waals surface area (Å²) < 4.78 is 5.45. The van der Waals surface area contributed by atoms with Crippen molar-refractivity contribution in [2.75, 3.05) is 32.8 Å². The van der Waals surface area contributed by atoms with Crippen LogP contribution in [0.4, 0.5) is 0 Å². The van der Waals surface area contributed by atoms with E-state index >= 15 is 0 Å². The summed E-state index contributed by atoms with van der Waals surface area (Å²) in [5.74, 6) is 3.74. The van der Waals surface area contributed by atoms with Gasteiger partial charge in [0.05, 0.1) is 12.0 Å². The van der Waals surface area contributed by atoms with Crippen LogP contribution >= 0.6 is 0 Å². The molecule has 0 amide bonds. The Kier molecular flexibility index (Phi) is 8.55. The number of hydrogen-bond donors (Lipinski definition) is 1. The number of likely N-dealkylation sites (tertiary alicyclic amines) is 1. The number of allylic oxidation sites excluding steroid dienone is 5. The zero-order chi connectivity index (χ0) is 34.5. The number of cyclic esters (lactones) is 1. The van der Waals surface area contributed by atoms with Gasteiger partial charge in [-0.1, -0.05) is 65.3 Å². The van der Waals surface area contributed by atoms with Gasteiger partial charge in [0.2, 0.25) is 0 Å².